The Hall–Kier alpha value is -3.55. The monoisotopic (exact) mass is 348 g/mol. The van der Waals surface area contributed by atoms with Gasteiger partial charge in [-0.1, -0.05) is 30.3 Å². The molecule has 3 aromatic rings. The Labute approximate surface area is 149 Å². The van der Waals surface area contributed by atoms with Gasteiger partial charge < -0.3 is 5.32 Å². The summed E-state index contributed by atoms with van der Waals surface area (Å²) in [6, 6.07) is 13.1. The van der Waals surface area contributed by atoms with Crippen LogP contribution in [0.15, 0.2) is 60.1 Å². The molecule has 0 aliphatic carbocycles. The molecule has 8 nitrogen and oxygen atoms in total. The average Bonchev–Trinajstić information content (AvgIpc) is 3.12. The maximum atomic E-state index is 12.5. The van der Waals surface area contributed by atoms with Gasteiger partial charge in [-0.2, -0.15) is 5.10 Å². The highest BCUT2D eigenvalue weighted by molar-refractivity contribution is 6.43. The number of aromatic nitrogens is 3. The van der Waals surface area contributed by atoms with Gasteiger partial charge in [0.2, 0.25) is 5.91 Å². The maximum absolute atomic E-state index is 12.5. The molecule has 2 amide bonds. The van der Waals surface area contributed by atoms with Gasteiger partial charge in [-0.05, 0) is 17.7 Å². The standard InChI is InChI=1S/C18H16N6O2/c25-17-9-7-15(22-24(17)10-13-4-2-1-3-5-13)18(26)20-14-6-8-16-21-19-12-23(16)11-14/h1-6,8,11-12H,7,9-10H2,(H,20,26). The molecule has 0 unspecified atom stereocenters. The lowest BCUT2D eigenvalue weighted by atomic mass is 10.1. The Balaban J connectivity index is 1.50. The first-order valence-corrected chi connectivity index (χ1v) is 8.21. The lowest BCUT2D eigenvalue weighted by molar-refractivity contribution is -0.132. The fourth-order valence-electron chi connectivity index (χ4n) is 2.75. The van der Waals surface area contributed by atoms with Gasteiger partial charge in [-0.3, -0.25) is 14.0 Å². The highest BCUT2D eigenvalue weighted by Gasteiger charge is 2.24. The number of anilines is 1. The number of hydrogen-bond donors (Lipinski definition) is 1. The van der Waals surface area contributed by atoms with E-state index in [1.807, 2.05) is 30.3 Å². The minimum atomic E-state index is -0.317. The molecule has 0 radical (unpaired) electrons. The molecule has 0 bridgehead atoms. The van der Waals surface area contributed by atoms with E-state index < -0.39 is 0 Å². The molecule has 4 rings (SSSR count). The van der Waals surface area contributed by atoms with E-state index in [1.54, 1.807) is 29.1 Å². The molecular weight excluding hydrogens is 332 g/mol. The SMILES string of the molecule is O=C(Nc1ccc2nncn2c1)C1=NN(Cc2ccccc2)C(=O)CC1. The van der Waals surface area contributed by atoms with Crippen LogP contribution in [0.2, 0.25) is 0 Å². The van der Waals surface area contributed by atoms with Crippen LogP contribution < -0.4 is 5.32 Å². The second-order valence-electron chi connectivity index (χ2n) is 5.95. The van der Waals surface area contributed by atoms with Crippen molar-refractivity contribution < 1.29 is 9.59 Å². The highest BCUT2D eigenvalue weighted by atomic mass is 16.2. The van der Waals surface area contributed by atoms with Crippen molar-refractivity contribution in [1.82, 2.24) is 19.6 Å². The zero-order valence-electron chi connectivity index (χ0n) is 13.9. The molecule has 2 aromatic heterocycles. The summed E-state index contributed by atoms with van der Waals surface area (Å²) in [6.45, 7) is 0.350. The smallest absolute Gasteiger partial charge is 0.271 e. The summed E-state index contributed by atoms with van der Waals surface area (Å²) in [5.41, 5.74) is 2.60. The van der Waals surface area contributed by atoms with Crippen molar-refractivity contribution in [2.45, 2.75) is 19.4 Å². The topological polar surface area (TPSA) is 92.0 Å². The molecule has 0 spiro atoms. The van der Waals surface area contributed by atoms with Crippen molar-refractivity contribution in [3.05, 3.63) is 60.6 Å². The highest BCUT2D eigenvalue weighted by Crippen LogP contribution is 2.15. The lowest BCUT2D eigenvalue weighted by Crippen LogP contribution is -2.36. The Morgan fingerprint density at radius 1 is 1.12 bits per heavy atom. The van der Waals surface area contributed by atoms with E-state index in [0.29, 0.717) is 30.0 Å². The van der Waals surface area contributed by atoms with E-state index in [9.17, 15) is 9.59 Å². The summed E-state index contributed by atoms with van der Waals surface area (Å²) in [6.07, 6.45) is 3.88. The van der Waals surface area contributed by atoms with Crippen LogP contribution in [-0.2, 0) is 16.1 Å². The quantitative estimate of drug-likeness (QED) is 0.779. The Morgan fingerprint density at radius 2 is 1.96 bits per heavy atom. The molecule has 130 valence electrons. The zero-order chi connectivity index (χ0) is 17.9. The van der Waals surface area contributed by atoms with Gasteiger partial charge in [0.1, 0.15) is 12.0 Å². The van der Waals surface area contributed by atoms with Crippen LogP contribution in [0.5, 0.6) is 0 Å². The second kappa shape index (κ2) is 6.75. The minimum Gasteiger partial charge on any atom is -0.320 e. The Morgan fingerprint density at radius 3 is 2.81 bits per heavy atom. The van der Waals surface area contributed by atoms with Gasteiger partial charge in [0.05, 0.1) is 12.2 Å². The number of nitrogens with one attached hydrogen (secondary N) is 1. The summed E-state index contributed by atoms with van der Waals surface area (Å²) in [7, 11) is 0. The maximum Gasteiger partial charge on any atom is 0.271 e. The first-order valence-electron chi connectivity index (χ1n) is 8.21. The minimum absolute atomic E-state index is 0.0867. The molecule has 3 heterocycles. The van der Waals surface area contributed by atoms with E-state index in [0.717, 1.165) is 5.56 Å². The lowest BCUT2D eigenvalue weighted by Gasteiger charge is -2.23. The van der Waals surface area contributed by atoms with Crippen molar-refractivity contribution in [3.8, 4) is 0 Å². The summed E-state index contributed by atoms with van der Waals surface area (Å²) in [5, 5.41) is 16.2. The number of hydrazone groups is 1. The van der Waals surface area contributed by atoms with Crippen molar-refractivity contribution >= 4 is 28.9 Å². The summed E-state index contributed by atoms with van der Waals surface area (Å²) in [5.74, 6) is -0.403. The van der Waals surface area contributed by atoms with Crippen molar-refractivity contribution in [2.75, 3.05) is 5.32 Å². The second-order valence-corrected chi connectivity index (χ2v) is 5.95. The third kappa shape index (κ3) is 3.30. The number of benzene rings is 1. The molecule has 1 aliphatic heterocycles. The molecule has 0 fully saturated rings. The number of hydrogen-bond acceptors (Lipinski definition) is 5. The van der Waals surface area contributed by atoms with Gasteiger partial charge in [0.15, 0.2) is 5.65 Å². The number of nitrogens with zero attached hydrogens (tertiary/aromatic N) is 5. The van der Waals surface area contributed by atoms with Gasteiger partial charge in [-0.15, -0.1) is 10.2 Å². The van der Waals surface area contributed by atoms with Gasteiger partial charge in [-0.25, -0.2) is 5.01 Å². The molecular formula is C18H16N6O2. The Bertz CT molecular complexity index is 995. The van der Waals surface area contributed by atoms with Gasteiger partial charge >= 0.3 is 0 Å². The van der Waals surface area contributed by atoms with Crippen LogP contribution in [0.1, 0.15) is 18.4 Å². The number of amides is 2. The van der Waals surface area contributed by atoms with Crippen molar-refractivity contribution in [3.63, 3.8) is 0 Å². The Kier molecular flexibility index (Phi) is 4.14. The van der Waals surface area contributed by atoms with E-state index in [2.05, 4.69) is 20.6 Å². The number of fused-ring (bicyclic) bond motifs is 1. The number of rotatable bonds is 4. The predicted molar refractivity (Wildman–Crippen MR) is 95.3 cm³/mol. The molecule has 26 heavy (non-hydrogen) atoms. The molecule has 8 heteroatoms. The van der Waals surface area contributed by atoms with Gasteiger partial charge in [0, 0.05) is 19.0 Å². The average molecular weight is 348 g/mol. The first kappa shape index (κ1) is 15.9. The number of pyridine rings is 1. The molecule has 0 saturated carbocycles. The summed E-state index contributed by atoms with van der Waals surface area (Å²) < 4.78 is 1.71. The number of carbonyl (C=O) groups is 2. The van der Waals surface area contributed by atoms with E-state index in [-0.39, 0.29) is 18.2 Å². The third-order valence-electron chi connectivity index (χ3n) is 4.09. The largest absolute Gasteiger partial charge is 0.320 e. The molecule has 0 saturated heterocycles. The normalized spacial score (nSPS) is 14.4. The third-order valence-corrected chi connectivity index (χ3v) is 4.09. The summed E-state index contributed by atoms with van der Waals surface area (Å²) in [4.78, 5) is 24.6. The molecule has 1 aromatic carbocycles. The fourth-order valence-corrected chi connectivity index (χ4v) is 2.75. The van der Waals surface area contributed by atoms with Crippen LogP contribution >= 0.6 is 0 Å². The van der Waals surface area contributed by atoms with Crippen LogP contribution in [0.4, 0.5) is 5.69 Å². The molecule has 1 N–H and O–H groups in total. The summed E-state index contributed by atoms with van der Waals surface area (Å²) >= 11 is 0. The molecule has 0 atom stereocenters. The van der Waals surface area contributed by atoms with Crippen molar-refractivity contribution in [1.29, 1.82) is 0 Å². The van der Waals surface area contributed by atoms with Gasteiger partial charge in [0.25, 0.3) is 5.91 Å². The van der Waals surface area contributed by atoms with E-state index in [4.69, 9.17) is 0 Å². The first-order chi connectivity index (χ1) is 12.7. The predicted octanol–water partition coefficient (Wildman–Crippen LogP) is 1.85. The number of carbonyl (C=O) groups excluding carboxylic acids is 2. The zero-order valence-corrected chi connectivity index (χ0v) is 13.9. The van der Waals surface area contributed by atoms with Crippen LogP contribution in [0.25, 0.3) is 5.65 Å². The molecule has 1 aliphatic rings. The van der Waals surface area contributed by atoms with Crippen molar-refractivity contribution in [2.24, 2.45) is 5.10 Å². The van der Waals surface area contributed by atoms with E-state index >= 15 is 0 Å². The van der Waals surface area contributed by atoms with Crippen LogP contribution in [0, 0.1) is 0 Å². The van der Waals surface area contributed by atoms with E-state index in [1.165, 1.54) is 5.01 Å². The van der Waals surface area contributed by atoms with Crippen LogP contribution in [-0.4, -0.2) is 37.1 Å². The fraction of sp³-hybridized carbons (Fsp3) is 0.167. The van der Waals surface area contributed by atoms with Crippen LogP contribution in [0.3, 0.4) is 0 Å².